The van der Waals surface area contributed by atoms with Gasteiger partial charge in [0.1, 0.15) is 15.2 Å². The smallest absolute Gasteiger partial charge is 0.210 e. The van der Waals surface area contributed by atoms with Gasteiger partial charge in [-0.3, -0.25) is 0 Å². The van der Waals surface area contributed by atoms with Crippen LogP contribution in [0.2, 0.25) is 0 Å². The Hall–Kier alpha value is -0.900. The topological polar surface area (TPSA) is 70.0 Å². The fraction of sp³-hybridized carbons (Fsp3) is 0.500. The van der Waals surface area contributed by atoms with Crippen molar-refractivity contribution in [1.29, 1.82) is 5.26 Å². The van der Waals surface area contributed by atoms with E-state index in [0.717, 1.165) is 24.2 Å². The van der Waals surface area contributed by atoms with Crippen molar-refractivity contribution < 1.29 is 8.42 Å². The van der Waals surface area contributed by atoms with E-state index in [-0.39, 0.29) is 4.21 Å². The van der Waals surface area contributed by atoms with E-state index in [0.29, 0.717) is 17.3 Å². The largest absolute Gasteiger partial charge is 0.250 e. The molecule has 1 N–H and O–H groups in total. The van der Waals surface area contributed by atoms with Crippen molar-refractivity contribution in [3.63, 3.8) is 0 Å². The molecule has 1 saturated carbocycles. The van der Waals surface area contributed by atoms with E-state index in [1.54, 1.807) is 0 Å². The summed E-state index contributed by atoms with van der Waals surface area (Å²) < 4.78 is 26.4. The van der Waals surface area contributed by atoms with Gasteiger partial charge in [-0.2, -0.15) is 5.26 Å². The maximum absolute atomic E-state index is 11.8. The summed E-state index contributed by atoms with van der Waals surface area (Å²) >= 11 is 1.01. The van der Waals surface area contributed by atoms with Crippen molar-refractivity contribution in [2.75, 3.05) is 6.54 Å². The van der Waals surface area contributed by atoms with Crippen LogP contribution in [0.1, 0.15) is 24.1 Å². The summed E-state index contributed by atoms with van der Waals surface area (Å²) in [6.45, 7) is 0.516. The minimum atomic E-state index is -3.40. The Morgan fingerprint density at radius 3 is 2.75 bits per heavy atom. The third kappa shape index (κ3) is 2.43. The maximum atomic E-state index is 11.8. The van der Waals surface area contributed by atoms with Crippen LogP contribution in [0.25, 0.3) is 0 Å². The average molecular weight is 256 g/mol. The maximum Gasteiger partial charge on any atom is 0.250 e. The minimum Gasteiger partial charge on any atom is -0.210 e. The Morgan fingerprint density at radius 2 is 2.25 bits per heavy atom. The lowest BCUT2D eigenvalue weighted by molar-refractivity contribution is 0.316. The summed E-state index contributed by atoms with van der Waals surface area (Å²) in [4.78, 5) is 0.420. The summed E-state index contributed by atoms with van der Waals surface area (Å²) in [5.74, 6) is 0.491. The van der Waals surface area contributed by atoms with Gasteiger partial charge in [-0.25, -0.2) is 13.1 Å². The number of thiophene rings is 1. The Labute approximate surface area is 99.0 Å². The van der Waals surface area contributed by atoms with E-state index in [1.807, 2.05) is 6.07 Å². The van der Waals surface area contributed by atoms with E-state index in [2.05, 4.69) is 4.72 Å². The van der Waals surface area contributed by atoms with Gasteiger partial charge >= 0.3 is 0 Å². The summed E-state index contributed by atoms with van der Waals surface area (Å²) in [5.41, 5.74) is 0. The van der Waals surface area contributed by atoms with E-state index in [9.17, 15) is 8.42 Å². The molecule has 1 heterocycles. The van der Waals surface area contributed by atoms with Crippen LogP contribution in [-0.4, -0.2) is 15.0 Å². The predicted octanol–water partition coefficient (Wildman–Crippen LogP) is 1.70. The van der Waals surface area contributed by atoms with Crippen molar-refractivity contribution in [1.82, 2.24) is 4.72 Å². The molecule has 16 heavy (non-hydrogen) atoms. The zero-order valence-corrected chi connectivity index (χ0v) is 10.3. The zero-order valence-electron chi connectivity index (χ0n) is 8.64. The summed E-state index contributed by atoms with van der Waals surface area (Å²) in [6, 6.07) is 4.94. The highest BCUT2D eigenvalue weighted by Gasteiger charge is 2.22. The fourth-order valence-corrected chi connectivity index (χ4v) is 3.78. The molecule has 1 aliphatic rings. The highest BCUT2D eigenvalue weighted by atomic mass is 32.2. The first-order valence-corrected chi connectivity index (χ1v) is 7.41. The van der Waals surface area contributed by atoms with E-state index < -0.39 is 10.0 Å². The number of nitriles is 1. The fourth-order valence-electron chi connectivity index (χ4n) is 1.52. The van der Waals surface area contributed by atoms with Gasteiger partial charge in [0.25, 0.3) is 0 Å². The molecule has 0 aliphatic heterocycles. The van der Waals surface area contributed by atoms with Crippen molar-refractivity contribution >= 4 is 21.4 Å². The second kappa shape index (κ2) is 4.53. The van der Waals surface area contributed by atoms with Gasteiger partial charge in [-0.1, -0.05) is 6.42 Å². The van der Waals surface area contributed by atoms with Crippen molar-refractivity contribution in [2.45, 2.75) is 23.5 Å². The quantitative estimate of drug-likeness (QED) is 0.891. The van der Waals surface area contributed by atoms with E-state index >= 15 is 0 Å². The molecule has 86 valence electrons. The Bertz CT molecular complexity index is 509. The number of hydrogen-bond acceptors (Lipinski definition) is 4. The zero-order chi connectivity index (χ0) is 11.6. The average Bonchev–Trinajstić information content (AvgIpc) is 2.63. The summed E-state index contributed by atoms with van der Waals surface area (Å²) in [7, 11) is -3.40. The van der Waals surface area contributed by atoms with Crippen LogP contribution in [0, 0.1) is 17.2 Å². The molecule has 0 atom stereocenters. The number of rotatable bonds is 4. The number of nitrogens with zero attached hydrogens (tertiary/aromatic N) is 1. The van der Waals surface area contributed by atoms with Gasteiger partial charge < -0.3 is 0 Å². The first-order chi connectivity index (χ1) is 7.62. The highest BCUT2D eigenvalue weighted by Crippen LogP contribution is 2.26. The van der Waals surface area contributed by atoms with Crippen LogP contribution >= 0.6 is 11.3 Å². The Balaban J connectivity index is 2.03. The van der Waals surface area contributed by atoms with Crippen LogP contribution in [0.3, 0.4) is 0 Å². The van der Waals surface area contributed by atoms with E-state index in [1.165, 1.54) is 18.6 Å². The molecular formula is C10H12N2O2S2. The van der Waals surface area contributed by atoms with Gasteiger partial charge in [0, 0.05) is 6.54 Å². The normalized spacial score (nSPS) is 16.7. The molecule has 1 fully saturated rings. The summed E-state index contributed by atoms with van der Waals surface area (Å²) in [5, 5.41) is 8.63. The lowest BCUT2D eigenvalue weighted by atomic mass is 9.86. The van der Waals surface area contributed by atoms with Crippen LogP contribution in [0.5, 0.6) is 0 Å². The molecule has 0 spiro atoms. The lowest BCUT2D eigenvalue weighted by Crippen LogP contribution is -2.31. The molecule has 0 radical (unpaired) electrons. The molecule has 0 bridgehead atoms. The molecule has 1 aromatic heterocycles. The van der Waals surface area contributed by atoms with Gasteiger partial charge in [-0.05, 0) is 30.9 Å². The number of nitrogens with one attached hydrogen (secondary N) is 1. The number of hydrogen-bond donors (Lipinski definition) is 1. The van der Waals surface area contributed by atoms with Gasteiger partial charge in [-0.15, -0.1) is 11.3 Å². The molecule has 1 aliphatic carbocycles. The Morgan fingerprint density at radius 1 is 1.50 bits per heavy atom. The SMILES string of the molecule is N#Cc1ccc(S(=O)(=O)NCC2CCC2)s1. The third-order valence-electron chi connectivity index (χ3n) is 2.74. The molecule has 0 unspecified atom stereocenters. The third-order valence-corrected chi connectivity index (χ3v) is 5.65. The minimum absolute atomic E-state index is 0.225. The number of sulfonamides is 1. The predicted molar refractivity (Wildman–Crippen MR) is 61.6 cm³/mol. The molecule has 6 heteroatoms. The molecule has 0 saturated heterocycles. The van der Waals surface area contributed by atoms with Crippen LogP contribution < -0.4 is 4.72 Å². The van der Waals surface area contributed by atoms with Gasteiger partial charge in [0.2, 0.25) is 10.0 Å². The standard InChI is InChI=1S/C10H12N2O2S2/c11-6-9-4-5-10(15-9)16(13,14)12-7-8-2-1-3-8/h4-5,8,12H,1-3,7H2. The second-order valence-corrected chi connectivity index (χ2v) is 6.96. The first kappa shape index (κ1) is 11.6. The molecule has 0 aromatic carbocycles. The van der Waals surface area contributed by atoms with Crippen LogP contribution in [0.4, 0.5) is 0 Å². The lowest BCUT2D eigenvalue weighted by Gasteiger charge is -2.25. The van der Waals surface area contributed by atoms with Gasteiger partial charge in [0.15, 0.2) is 0 Å². The van der Waals surface area contributed by atoms with E-state index in [4.69, 9.17) is 5.26 Å². The first-order valence-electron chi connectivity index (χ1n) is 5.11. The van der Waals surface area contributed by atoms with Crippen LogP contribution in [0.15, 0.2) is 16.3 Å². The van der Waals surface area contributed by atoms with Crippen LogP contribution in [-0.2, 0) is 10.0 Å². The van der Waals surface area contributed by atoms with Crippen molar-refractivity contribution in [2.24, 2.45) is 5.92 Å². The molecule has 0 amide bonds. The molecule has 2 rings (SSSR count). The molecular weight excluding hydrogens is 244 g/mol. The van der Waals surface area contributed by atoms with Crippen molar-refractivity contribution in [3.05, 3.63) is 17.0 Å². The molecule has 1 aromatic rings. The summed E-state index contributed by atoms with van der Waals surface area (Å²) in [6.07, 6.45) is 3.41. The Kier molecular flexibility index (Phi) is 3.28. The second-order valence-electron chi connectivity index (χ2n) is 3.88. The van der Waals surface area contributed by atoms with Gasteiger partial charge in [0.05, 0.1) is 0 Å². The highest BCUT2D eigenvalue weighted by molar-refractivity contribution is 7.91. The molecule has 4 nitrogen and oxygen atoms in total. The monoisotopic (exact) mass is 256 g/mol. The van der Waals surface area contributed by atoms with Crippen molar-refractivity contribution in [3.8, 4) is 6.07 Å².